The maximum Gasteiger partial charge on any atom is 0.359 e. The summed E-state index contributed by atoms with van der Waals surface area (Å²) in [6.07, 6.45) is 1.91. The van der Waals surface area contributed by atoms with E-state index < -0.39 is 12.1 Å². The molecule has 0 spiro atoms. The van der Waals surface area contributed by atoms with Crippen LogP contribution in [0.15, 0.2) is 41.1 Å². The van der Waals surface area contributed by atoms with Gasteiger partial charge < -0.3 is 4.74 Å². The third-order valence-corrected chi connectivity index (χ3v) is 3.30. The first-order valence-corrected chi connectivity index (χ1v) is 7.06. The molecule has 2 aromatic rings. The van der Waals surface area contributed by atoms with Crippen molar-refractivity contribution in [2.75, 3.05) is 0 Å². The molecule has 1 unspecified atom stereocenters. The van der Waals surface area contributed by atoms with E-state index in [1.807, 2.05) is 0 Å². The van der Waals surface area contributed by atoms with E-state index >= 15 is 0 Å². The van der Waals surface area contributed by atoms with Gasteiger partial charge in [0.1, 0.15) is 0 Å². The van der Waals surface area contributed by atoms with Gasteiger partial charge in [0.05, 0.1) is 11.9 Å². The van der Waals surface area contributed by atoms with Gasteiger partial charge in [-0.25, -0.2) is 9.78 Å². The van der Waals surface area contributed by atoms with Crippen LogP contribution in [0, 0.1) is 6.92 Å². The largest absolute Gasteiger partial charge is 0.449 e. The van der Waals surface area contributed by atoms with Crippen LogP contribution in [-0.4, -0.2) is 27.8 Å². The number of carbonyl (C=O) groups excluding carboxylic acids is 2. The summed E-state index contributed by atoms with van der Waals surface area (Å²) in [6.45, 7) is 3.30. The lowest BCUT2D eigenvalue weighted by atomic mass is 10.1. The minimum Gasteiger partial charge on any atom is -0.449 e. The van der Waals surface area contributed by atoms with Crippen LogP contribution in [0.1, 0.15) is 33.5 Å². The molecule has 0 aliphatic carbocycles. The minimum atomic E-state index is -0.887. The van der Waals surface area contributed by atoms with Gasteiger partial charge in [-0.05, 0) is 26.0 Å². The first kappa shape index (κ1) is 15.3. The molecule has 6 heteroatoms. The second-order valence-corrected chi connectivity index (χ2v) is 5.38. The van der Waals surface area contributed by atoms with Crippen LogP contribution in [0.4, 0.5) is 0 Å². The van der Waals surface area contributed by atoms with Crippen LogP contribution in [0.3, 0.4) is 0 Å². The molecule has 21 heavy (non-hydrogen) atoms. The number of aryl methyl sites for hydroxylation is 1. The molecule has 0 aliphatic rings. The fraction of sp³-hybridized carbons (Fsp3) is 0.200. The highest BCUT2D eigenvalue weighted by atomic mass is 79.9. The molecule has 0 saturated heterocycles. The van der Waals surface area contributed by atoms with Gasteiger partial charge in [-0.2, -0.15) is 0 Å². The van der Waals surface area contributed by atoms with Crippen molar-refractivity contribution < 1.29 is 14.3 Å². The fourth-order valence-corrected chi connectivity index (χ4v) is 1.89. The van der Waals surface area contributed by atoms with Gasteiger partial charge in [-0.1, -0.05) is 28.1 Å². The second kappa shape index (κ2) is 6.58. The molecule has 0 aliphatic heterocycles. The number of ether oxygens (including phenoxy) is 1. The Labute approximate surface area is 130 Å². The van der Waals surface area contributed by atoms with Crippen molar-refractivity contribution in [3.63, 3.8) is 0 Å². The van der Waals surface area contributed by atoms with E-state index in [2.05, 4.69) is 25.9 Å². The molecular formula is C15H13BrN2O3. The zero-order valence-corrected chi connectivity index (χ0v) is 13.1. The van der Waals surface area contributed by atoms with E-state index in [-0.39, 0.29) is 11.5 Å². The van der Waals surface area contributed by atoms with Crippen LogP contribution in [0.25, 0.3) is 0 Å². The van der Waals surface area contributed by atoms with Gasteiger partial charge in [-0.3, -0.25) is 9.78 Å². The number of esters is 1. The number of ketones is 1. The topological polar surface area (TPSA) is 69.2 Å². The maximum atomic E-state index is 12.1. The van der Waals surface area contributed by atoms with Crippen molar-refractivity contribution in [2.24, 2.45) is 0 Å². The smallest absolute Gasteiger partial charge is 0.359 e. The number of carbonyl (C=O) groups is 2. The van der Waals surface area contributed by atoms with Crippen molar-refractivity contribution in [1.82, 2.24) is 9.97 Å². The monoisotopic (exact) mass is 348 g/mol. The zero-order chi connectivity index (χ0) is 15.4. The average Bonchev–Trinajstić information content (AvgIpc) is 2.47. The quantitative estimate of drug-likeness (QED) is 0.627. The lowest BCUT2D eigenvalue weighted by molar-refractivity contribution is 0.0312. The lowest BCUT2D eigenvalue weighted by Crippen LogP contribution is -2.25. The van der Waals surface area contributed by atoms with Crippen molar-refractivity contribution in [2.45, 2.75) is 20.0 Å². The highest BCUT2D eigenvalue weighted by Gasteiger charge is 2.21. The van der Waals surface area contributed by atoms with E-state index in [1.165, 1.54) is 19.3 Å². The predicted molar refractivity (Wildman–Crippen MR) is 80.1 cm³/mol. The molecule has 0 amide bonds. The Balaban J connectivity index is 2.05. The molecule has 1 atom stereocenters. The average molecular weight is 349 g/mol. The number of aromatic nitrogens is 2. The van der Waals surface area contributed by atoms with Crippen molar-refractivity contribution >= 4 is 27.7 Å². The molecule has 0 radical (unpaired) electrons. The van der Waals surface area contributed by atoms with Crippen LogP contribution >= 0.6 is 15.9 Å². The molecule has 0 saturated carbocycles. The first-order chi connectivity index (χ1) is 9.97. The summed E-state index contributed by atoms with van der Waals surface area (Å²) in [6, 6.07) is 6.85. The molecule has 108 valence electrons. The fourth-order valence-electron chi connectivity index (χ4n) is 1.62. The Morgan fingerprint density at radius 1 is 1.14 bits per heavy atom. The lowest BCUT2D eigenvalue weighted by Gasteiger charge is -2.12. The van der Waals surface area contributed by atoms with Crippen molar-refractivity contribution in [1.29, 1.82) is 0 Å². The SMILES string of the molecule is Cc1cnc(C(=O)OC(C)C(=O)c2ccc(Br)cc2)cn1. The molecular weight excluding hydrogens is 336 g/mol. The third-order valence-electron chi connectivity index (χ3n) is 2.77. The third kappa shape index (κ3) is 3.95. The highest BCUT2D eigenvalue weighted by Crippen LogP contribution is 2.13. The minimum absolute atomic E-state index is 0.0797. The standard InChI is InChI=1S/C15H13BrN2O3/c1-9-7-18-13(8-17-9)15(20)21-10(2)14(19)11-3-5-12(16)6-4-11/h3-8,10H,1-2H3. The number of rotatable bonds is 4. The molecule has 0 fully saturated rings. The van der Waals surface area contributed by atoms with E-state index in [0.29, 0.717) is 11.3 Å². The van der Waals surface area contributed by atoms with Gasteiger partial charge in [0.2, 0.25) is 5.78 Å². The predicted octanol–water partition coefficient (Wildman–Crippen LogP) is 2.98. The Bertz CT molecular complexity index is 654. The van der Waals surface area contributed by atoms with E-state index in [4.69, 9.17) is 4.74 Å². The van der Waals surface area contributed by atoms with Gasteiger partial charge in [0.25, 0.3) is 0 Å². The maximum absolute atomic E-state index is 12.1. The van der Waals surface area contributed by atoms with Crippen LogP contribution in [0.2, 0.25) is 0 Å². The first-order valence-electron chi connectivity index (χ1n) is 6.27. The van der Waals surface area contributed by atoms with Gasteiger partial charge in [0, 0.05) is 16.2 Å². The number of nitrogens with zero attached hydrogens (tertiary/aromatic N) is 2. The molecule has 1 aromatic heterocycles. The van der Waals surface area contributed by atoms with E-state index in [9.17, 15) is 9.59 Å². The second-order valence-electron chi connectivity index (χ2n) is 4.46. The van der Waals surface area contributed by atoms with Crippen LogP contribution < -0.4 is 0 Å². The molecule has 1 heterocycles. The number of Topliss-reactive ketones (excluding diaryl/α,β-unsaturated/α-hetero) is 1. The number of hydrogen-bond donors (Lipinski definition) is 0. The van der Waals surface area contributed by atoms with Crippen LogP contribution in [0.5, 0.6) is 0 Å². The molecule has 0 N–H and O–H groups in total. The van der Waals surface area contributed by atoms with E-state index in [1.54, 1.807) is 31.2 Å². The Hall–Kier alpha value is -2.08. The summed E-state index contributed by atoms with van der Waals surface area (Å²) in [5.41, 5.74) is 1.26. The molecule has 0 bridgehead atoms. The molecule has 5 nitrogen and oxygen atoms in total. The molecule has 2 rings (SSSR count). The Morgan fingerprint density at radius 2 is 1.81 bits per heavy atom. The van der Waals surface area contributed by atoms with E-state index in [0.717, 1.165) is 4.47 Å². The summed E-state index contributed by atoms with van der Waals surface area (Å²) in [5, 5.41) is 0. The highest BCUT2D eigenvalue weighted by molar-refractivity contribution is 9.10. The summed E-state index contributed by atoms with van der Waals surface area (Å²) in [7, 11) is 0. The summed E-state index contributed by atoms with van der Waals surface area (Å²) >= 11 is 3.30. The van der Waals surface area contributed by atoms with Crippen molar-refractivity contribution in [3.05, 3.63) is 58.1 Å². The van der Waals surface area contributed by atoms with Gasteiger partial charge >= 0.3 is 5.97 Å². The molecule has 1 aromatic carbocycles. The number of halogens is 1. The van der Waals surface area contributed by atoms with Crippen LogP contribution in [-0.2, 0) is 4.74 Å². The Kier molecular flexibility index (Phi) is 4.80. The van der Waals surface area contributed by atoms with Crippen molar-refractivity contribution in [3.8, 4) is 0 Å². The summed E-state index contributed by atoms with van der Waals surface area (Å²) in [4.78, 5) is 31.9. The number of benzene rings is 1. The summed E-state index contributed by atoms with van der Waals surface area (Å²) in [5.74, 6) is -0.934. The number of hydrogen-bond acceptors (Lipinski definition) is 5. The van der Waals surface area contributed by atoms with Gasteiger partial charge in [-0.15, -0.1) is 0 Å². The Morgan fingerprint density at radius 3 is 2.38 bits per heavy atom. The summed E-state index contributed by atoms with van der Waals surface area (Å²) < 4.78 is 5.99. The zero-order valence-electron chi connectivity index (χ0n) is 11.5. The van der Waals surface area contributed by atoms with Gasteiger partial charge in [0.15, 0.2) is 11.8 Å². The normalized spacial score (nSPS) is 11.8.